The Morgan fingerprint density at radius 2 is 1.36 bits per heavy atom. The van der Waals surface area contributed by atoms with E-state index in [1.54, 1.807) is 35.2 Å². The fourth-order valence-electron chi connectivity index (χ4n) is 5.23. The summed E-state index contributed by atoms with van der Waals surface area (Å²) in [6.45, 7) is 8.07. The molecule has 0 aliphatic heterocycles. The van der Waals surface area contributed by atoms with Gasteiger partial charge in [0.05, 0.1) is 10.6 Å². The Bertz CT molecular complexity index is 1670. The summed E-state index contributed by atoms with van der Waals surface area (Å²) in [5.41, 5.74) is 3.99. The molecule has 1 N–H and O–H groups in total. The van der Waals surface area contributed by atoms with Crippen LogP contribution >= 0.6 is 0 Å². The number of nitrogens with zero attached hydrogens (tertiary/aromatic N) is 2. The minimum absolute atomic E-state index is 0.0877. The normalized spacial score (nSPS) is 12.0. The first kappa shape index (κ1) is 33.5. The number of sulfonamides is 1. The number of carbonyl (C=O) groups is 2. The highest BCUT2D eigenvalue weighted by atomic mass is 32.2. The Morgan fingerprint density at radius 1 is 0.778 bits per heavy atom. The standard InChI is InChI=1S/C37H43N3O4S/c1-5-31-19-14-15-23-34(31)40(45(43,44)33-21-10-7-11-22-33)27-36(41)39(26-32-20-13-12-16-29(32)4)35(37(42)38-25-28(2)3)24-30-17-8-6-9-18-30/h6-23,28,35H,5,24-27H2,1-4H3,(H,38,42)/t35-/m0/s1. The van der Waals surface area contributed by atoms with Gasteiger partial charge in [-0.15, -0.1) is 0 Å². The number of nitrogens with one attached hydrogen (secondary N) is 1. The van der Waals surface area contributed by atoms with E-state index in [0.29, 0.717) is 18.7 Å². The van der Waals surface area contributed by atoms with Crippen molar-refractivity contribution in [2.75, 3.05) is 17.4 Å². The van der Waals surface area contributed by atoms with Gasteiger partial charge in [0.25, 0.3) is 10.0 Å². The first-order valence-electron chi connectivity index (χ1n) is 15.4. The molecule has 45 heavy (non-hydrogen) atoms. The Balaban J connectivity index is 1.83. The molecule has 0 bridgehead atoms. The van der Waals surface area contributed by atoms with Crippen molar-refractivity contribution in [3.8, 4) is 0 Å². The zero-order valence-corrected chi connectivity index (χ0v) is 27.3. The van der Waals surface area contributed by atoms with Crippen molar-refractivity contribution in [1.82, 2.24) is 10.2 Å². The van der Waals surface area contributed by atoms with Crippen molar-refractivity contribution in [3.63, 3.8) is 0 Å². The van der Waals surface area contributed by atoms with Crippen molar-refractivity contribution in [1.29, 1.82) is 0 Å². The van der Waals surface area contributed by atoms with Gasteiger partial charge in [0.15, 0.2) is 0 Å². The lowest BCUT2D eigenvalue weighted by Crippen LogP contribution is -2.54. The molecule has 1 atom stereocenters. The first-order valence-corrected chi connectivity index (χ1v) is 16.9. The average Bonchev–Trinajstić information content (AvgIpc) is 3.05. The van der Waals surface area contributed by atoms with Crippen LogP contribution in [-0.2, 0) is 39.0 Å². The minimum atomic E-state index is -4.14. The number of aryl methyl sites for hydroxylation is 2. The molecule has 0 fully saturated rings. The van der Waals surface area contributed by atoms with E-state index in [4.69, 9.17) is 0 Å². The molecule has 0 heterocycles. The highest BCUT2D eigenvalue weighted by Gasteiger charge is 2.35. The molecule has 4 aromatic carbocycles. The molecule has 8 heteroatoms. The minimum Gasteiger partial charge on any atom is -0.354 e. The van der Waals surface area contributed by atoms with Crippen molar-refractivity contribution < 1.29 is 18.0 Å². The Morgan fingerprint density at radius 3 is 1.98 bits per heavy atom. The van der Waals surface area contributed by atoms with Crippen LogP contribution in [0.5, 0.6) is 0 Å². The number of hydrogen-bond donors (Lipinski definition) is 1. The van der Waals surface area contributed by atoms with E-state index in [1.165, 1.54) is 16.4 Å². The van der Waals surface area contributed by atoms with Gasteiger partial charge >= 0.3 is 0 Å². The Hall–Kier alpha value is -4.43. The van der Waals surface area contributed by atoms with Gasteiger partial charge in [-0.25, -0.2) is 8.42 Å². The SMILES string of the molecule is CCc1ccccc1N(CC(=O)N(Cc1ccccc1C)[C@@H](Cc1ccccc1)C(=O)NCC(C)C)S(=O)(=O)c1ccccc1. The van der Waals surface area contributed by atoms with Crippen molar-refractivity contribution in [2.24, 2.45) is 5.92 Å². The maximum Gasteiger partial charge on any atom is 0.264 e. The van der Waals surface area contributed by atoms with Crippen molar-refractivity contribution in [2.45, 2.75) is 58.0 Å². The molecule has 0 aliphatic rings. The summed E-state index contributed by atoms with van der Waals surface area (Å²) in [6, 6.07) is 31.8. The van der Waals surface area contributed by atoms with Gasteiger partial charge in [-0.05, 0) is 59.7 Å². The number of rotatable bonds is 14. The quantitative estimate of drug-likeness (QED) is 0.182. The van der Waals surface area contributed by atoms with E-state index < -0.39 is 28.5 Å². The lowest BCUT2D eigenvalue weighted by molar-refractivity contribution is -0.140. The maximum absolute atomic E-state index is 14.6. The third kappa shape index (κ3) is 8.60. The number of amides is 2. The zero-order chi connectivity index (χ0) is 32.4. The summed E-state index contributed by atoms with van der Waals surface area (Å²) >= 11 is 0. The largest absolute Gasteiger partial charge is 0.354 e. The van der Waals surface area contributed by atoms with E-state index in [9.17, 15) is 18.0 Å². The van der Waals surface area contributed by atoms with Gasteiger partial charge in [-0.2, -0.15) is 0 Å². The summed E-state index contributed by atoms with van der Waals surface area (Å²) in [7, 11) is -4.14. The van der Waals surface area contributed by atoms with Crippen LogP contribution in [0.3, 0.4) is 0 Å². The lowest BCUT2D eigenvalue weighted by atomic mass is 10.0. The second-order valence-electron chi connectivity index (χ2n) is 11.6. The molecule has 0 saturated heterocycles. The molecule has 0 unspecified atom stereocenters. The molecule has 0 aromatic heterocycles. The number of benzene rings is 4. The van der Waals surface area contributed by atoms with Crippen LogP contribution in [0.25, 0.3) is 0 Å². The second-order valence-corrected chi connectivity index (χ2v) is 13.5. The topological polar surface area (TPSA) is 86.8 Å². The summed E-state index contributed by atoms with van der Waals surface area (Å²) < 4.78 is 29.6. The molecule has 0 saturated carbocycles. The molecule has 4 rings (SSSR count). The molecule has 4 aromatic rings. The van der Waals surface area contributed by atoms with Crippen molar-refractivity contribution >= 4 is 27.5 Å². The maximum atomic E-state index is 14.6. The smallest absolute Gasteiger partial charge is 0.264 e. The fraction of sp³-hybridized carbons (Fsp3) is 0.297. The third-order valence-electron chi connectivity index (χ3n) is 7.81. The molecular formula is C37H43N3O4S. The summed E-state index contributed by atoms with van der Waals surface area (Å²) in [5.74, 6) is -0.533. The Kier molecular flexibility index (Phi) is 11.5. The highest BCUT2D eigenvalue weighted by Crippen LogP contribution is 2.28. The van der Waals surface area contributed by atoms with Gasteiger partial charge in [-0.1, -0.05) is 112 Å². The van der Waals surface area contributed by atoms with Crippen LogP contribution in [0.4, 0.5) is 5.69 Å². The van der Waals surface area contributed by atoms with Crippen LogP contribution < -0.4 is 9.62 Å². The van der Waals surface area contributed by atoms with Crippen LogP contribution in [0.1, 0.15) is 43.0 Å². The number of para-hydroxylation sites is 1. The summed E-state index contributed by atoms with van der Waals surface area (Å²) in [4.78, 5) is 30.2. The zero-order valence-electron chi connectivity index (χ0n) is 26.5. The monoisotopic (exact) mass is 625 g/mol. The first-order chi connectivity index (χ1) is 21.6. The molecule has 236 valence electrons. The van der Waals surface area contributed by atoms with Crippen LogP contribution in [0, 0.1) is 12.8 Å². The predicted molar refractivity (Wildman–Crippen MR) is 180 cm³/mol. The fourth-order valence-corrected chi connectivity index (χ4v) is 6.71. The molecule has 0 radical (unpaired) electrons. The summed E-state index contributed by atoms with van der Waals surface area (Å²) in [5, 5.41) is 3.03. The number of hydrogen-bond acceptors (Lipinski definition) is 4. The third-order valence-corrected chi connectivity index (χ3v) is 9.58. The number of carbonyl (C=O) groups excluding carboxylic acids is 2. The Labute approximate surface area is 268 Å². The van der Waals surface area contributed by atoms with E-state index in [2.05, 4.69) is 5.32 Å². The molecule has 0 spiro atoms. The second kappa shape index (κ2) is 15.5. The molecule has 2 amide bonds. The van der Waals surface area contributed by atoms with Gasteiger partial charge in [0.1, 0.15) is 12.6 Å². The van der Waals surface area contributed by atoms with Gasteiger partial charge < -0.3 is 10.2 Å². The van der Waals surface area contributed by atoms with Gasteiger partial charge in [-0.3, -0.25) is 13.9 Å². The van der Waals surface area contributed by atoms with Crippen LogP contribution in [-0.4, -0.2) is 44.3 Å². The predicted octanol–water partition coefficient (Wildman–Crippen LogP) is 6.17. The van der Waals surface area contributed by atoms with Crippen LogP contribution in [0.15, 0.2) is 114 Å². The van der Waals surface area contributed by atoms with E-state index in [-0.39, 0.29) is 29.7 Å². The van der Waals surface area contributed by atoms with Crippen LogP contribution in [0.2, 0.25) is 0 Å². The van der Waals surface area contributed by atoms with E-state index in [1.807, 2.05) is 94.4 Å². The van der Waals surface area contributed by atoms with Crippen molar-refractivity contribution in [3.05, 3.63) is 131 Å². The molecule has 7 nitrogen and oxygen atoms in total. The molecular weight excluding hydrogens is 582 g/mol. The highest BCUT2D eigenvalue weighted by molar-refractivity contribution is 7.92. The number of anilines is 1. The average molecular weight is 626 g/mol. The van der Waals surface area contributed by atoms with E-state index >= 15 is 0 Å². The summed E-state index contributed by atoms with van der Waals surface area (Å²) in [6.07, 6.45) is 0.853. The molecule has 0 aliphatic carbocycles. The van der Waals surface area contributed by atoms with Gasteiger partial charge in [0.2, 0.25) is 11.8 Å². The van der Waals surface area contributed by atoms with E-state index in [0.717, 1.165) is 22.3 Å². The van der Waals surface area contributed by atoms with Gasteiger partial charge in [0, 0.05) is 19.5 Å². The lowest BCUT2D eigenvalue weighted by Gasteiger charge is -2.34.